The number of benzene rings is 2. The van der Waals surface area contributed by atoms with Gasteiger partial charge in [0.25, 0.3) is 0 Å². The Morgan fingerprint density at radius 2 is 1.93 bits per heavy atom. The molecule has 28 heavy (non-hydrogen) atoms. The van der Waals surface area contributed by atoms with Gasteiger partial charge >= 0.3 is 0 Å². The first kappa shape index (κ1) is 18.5. The van der Waals surface area contributed by atoms with E-state index in [1.807, 2.05) is 54.1 Å². The van der Waals surface area contributed by atoms with Gasteiger partial charge in [-0.15, -0.1) is 10.2 Å². The minimum absolute atomic E-state index is 0.0294. The second kappa shape index (κ2) is 8.00. The van der Waals surface area contributed by atoms with Gasteiger partial charge in [-0.2, -0.15) is 0 Å². The molecule has 4 aromatic rings. The van der Waals surface area contributed by atoms with Crippen LogP contribution in [-0.4, -0.2) is 25.0 Å². The van der Waals surface area contributed by atoms with Crippen molar-refractivity contribution in [3.63, 3.8) is 0 Å². The number of aryl methyl sites for hydroxylation is 1. The van der Waals surface area contributed by atoms with E-state index in [0.29, 0.717) is 0 Å². The topological polar surface area (TPSA) is 77.0 Å². The highest BCUT2D eigenvalue weighted by Crippen LogP contribution is 2.35. The Morgan fingerprint density at radius 1 is 1.11 bits per heavy atom. The Kier molecular flexibility index (Phi) is 5.27. The van der Waals surface area contributed by atoms with Gasteiger partial charge in [-0.25, -0.2) is 0 Å². The Balaban J connectivity index is 1.56. The van der Waals surface area contributed by atoms with Crippen molar-refractivity contribution in [1.29, 1.82) is 0 Å². The molecule has 1 atom stereocenters. The molecule has 0 saturated carbocycles. The minimum atomic E-state index is 0.0294. The zero-order chi connectivity index (χ0) is 19.5. The van der Waals surface area contributed by atoms with Crippen LogP contribution in [0.3, 0.4) is 0 Å². The van der Waals surface area contributed by atoms with Crippen LogP contribution in [-0.2, 0) is 13.7 Å². The number of aromatic nitrogens is 4. The van der Waals surface area contributed by atoms with Crippen LogP contribution in [0.1, 0.15) is 23.3 Å². The third-order valence-corrected chi connectivity index (χ3v) is 5.74. The van der Waals surface area contributed by atoms with Crippen molar-refractivity contribution in [3.8, 4) is 22.6 Å². The van der Waals surface area contributed by atoms with E-state index in [2.05, 4.69) is 34.4 Å². The number of hydrogen-bond acceptors (Lipinski definition) is 6. The van der Waals surface area contributed by atoms with E-state index in [0.717, 1.165) is 33.3 Å². The summed E-state index contributed by atoms with van der Waals surface area (Å²) in [6, 6.07) is 17.8. The highest BCUT2D eigenvalue weighted by molar-refractivity contribution is 7.99. The SMILES string of the molecule is C[C@H](Sc1nncn1C)c1cccc(-c2cc(-c3ccc(CO)cc3)no2)c1. The first-order chi connectivity index (χ1) is 13.6. The van der Waals surface area contributed by atoms with E-state index in [4.69, 9.17) is 4.52 Å². The summed E-state index contributed by atoms with van der Waals surface area (Å²) in [4.78, 5) is 0. The van der Waals surface area contributed by atoms with Crippen molar-refractivity contribution in [2.24, 2.45) is 7.05 Å². The van der Waals surface area contributed by atoms with Gasteiger partial charge in [0.15, 0.2) is 10.9 Å². The average Bonchev–Trinajstić information content (AvgIpc) is 3.38. The van der Waals surface area contributed by atoms with Crippen LogP contribution in [0.2, 0.25) is 0 Å². The molecule has 0 radical (unpaired) electrons. The normalized spacial score (nSPS) is 12.2. The highest BCUT2D eigenvalue weighted by Gasteiger charge is 2.14. The molecule has 0 aliphatic rings. The summed E-state index contributed by atoms with van der Waals surface area (Å²) in [6.07, 6.45) is 1.70. The molecule has 0 fully saturated rings. The number of aliphatic hydroxyl groups excluding tert-OH is 1. The van der Waals surface area contributed by atoms with E-state index < -0.39 is 0 Å². The Hall–Kier alpha value is -2.90. The summed E-state index contributed by atoms with van der Waals surface area (Å²) in [6.45, 7) is 2.18. The standard InChI is InChI=1S/C21H20N4O2S/c1-14(28-21-23-22-13-25(21)2)17-4-3-5-18(10-17)20-11-19(24-27-20)16-8-6-15(12-26)7-9-16/h3-11,13-14,26H,12H2,1-2H3/t14-/m0/s1. The summed E-state index contributed by atoms with van der Waals surface area (Å²) >= 11 is 1.66. The van der Waals surface area contributed by atoms with Gasteiger partial charge in [-0.05, 0) is 24.1 Å². The second-order valence-electron chi connectivity index (χ2n) is 6.54. The van der Waals surface area contributed by atoms with Gasteiger partial charge in [0.05, 0.1) is 6.61 Å². The summed E-state index contributed by atoms with van der Waals surface area (Å²) in [5.41, 5.74) is 4.75. The number of hydrogen-bond donors (Lipinski definition) is 1. The maximum atomic E-state index is 9.17. The smallest absolute Gasteiger partial charge is 0.191 e. The van der Waals surface area contributed by atoms with E-state index >= 15 is 0 Å². The minimum Gasteiger partial charge on any atom is -0.392 e. The molecule has 4 rings (SSSR count). The quantitative estimate of drug-likeness (QED) is 0.488. The van der Waals surface area contributed by atoms with Crippen molar-refractivity contribution >= 4 is 11.8 Å². The lowest BCUT2D eigenvalue weighted by molar-refractivity contribution is 0.282. The van der Waals surface area contributed by atoms with Crippen molar-refractivity contribution in [2.75, 3.05) is 0 Å². The maximum Gasteiger partial charge on any atom is 0.191 e. The zero-order valence-electron chi connectivity index (χ0n) is 15.6. The first-order valence-corrected chi connectivity index (χ1v) is 9.80. The van der Waals surface area contributed by atoms with Crippen LogP contribution in [0.5, 0.6) is 0 Å². The van der Waals surface area contributed by atoms with Crippen LogP contribution >= 0.6 is 11.8 Å². The zero-order valence-corrected chi connectivity index (χ0v) is 16.4. The molecule has 0 bridgehead atoms. The van der Waals surface area contributed by atoms with Gasteiger partial charge < -0.3 is 14.2 Å². The number of thioether (sulfide) groups is 1. The van der Waals surface area contributed by atoms with Crippen LogP contribution in [0.25, 0.3) is 22.6 Å². The molecular weight excluding hydrogens is 372 g/mol. The fourth-order valence-electron chi connectivity index (χ4n) is 2.88. The molecule has 2 heterocycles. The Morgan fingerprint density at radius 3 is 2.64 bits per heavy atom. The molecule has 0 aliphatic carbocycles. The number of nitrogens with zero attached hydrogens (tertiary/aromatic N) is 4. The summed E-state index contributed by atoms with van der Waals surface area (Å²) in [5.74, 6) is 0.721. The highest BCUT2D eigenvalue weighted by atomic mass is 32.2. The monoisotopic (exact) mass is 392 g/mol. The van der Waals surface area contributed by atoms with Crippen molar-refractivity contribution in [3.05, 3.63) is 72.1 Å². The van der Waals surface area contributed by atoms with E-state index in [1.54, 1.807) is 18.1 Å². The maximum absolute atomic E-state index is 9.17. The lowest BCUT2D eigenvalue weighted by Crippen LogP contribution is -1.94. The third kappa shape index (κ3) is 3.85. The average molecular weight is 392 g/mol. The van der Waals surface area contributed by atoms with Crippen LogP contribution in [0.4, 0.5) is 0 Å². The predicted octanol–water partition coefficient (Wildman–Crippen LogP) is 4.48. The van der Waals surface area contributed by atoms with Gasteiger partial charge in [0, 0.05) is 29.5 Å². The molecule has 0 unspecified atom stereocenters. The molecule has 142 valence electrons. The fraction of sp³-hybridized carbons (Fsp3) is 0.190. The van der Waals surface area contributed by atoms with E-state index in [-0.39, 0.29) is 11.9 Å². The summed E-state index contributed by atoms with van der Waals surface area (Å²) in [7, 11) is 1.94. The predicted molar refractivity (Wildman–Crippen MR) is 109 cm³/mol. The third-order valence-electron chi connectivity index (χ3n) is 4.54. The summed E-state index contributed by atoms with van der Waals surface area (Å²) < 4.78 is 7.50. The molecule has 0 aliphatic heterocycles. The molecule has 1 N–H and O–H groups in total. The van der Waals surface area contributed by atoms with Crippen molar-refractivity contribution < 1.29 is 9.63 Å². The van der Waals surface area contributed by atoms with Crippen molar-refractivity contribution in [1.82, 2.24) is 19.9 Å². The lowest BCUT2D eigenvalue weighted by Gasteiger charge is -2.11. The largest absolute Gasteiger partial charge is 0.392 e. The van der Waals surface area contributed by atoms with Gasteiger partial charge in [-0.1, -0.05) is 59.4 Å². The first-order valence-electron chi connectivity index (χ1n) is 8.92. The number of aliphatic hydroxyl groups is 1. The molecule has 0 amide bonds. The molecule has 6 nitrogen and oxygen atoms in total. The molecular formula is C21H20N4O2S. The lowest BCUT2D eigenvalue weighted by atomic mass is 10.1. The Labute approximate surface area is 167 Å². The van der Waals surface area contributed by atoms with Crippen LogP contribution < -0.4 is 0 Å². The Bertz CT molecular complexity index is 1070. The molecule has 2 aromatic heterocycles. The second-order valence-corrected chi connectivity index (χ2v) is 7.85. The van der Waals surface area contributed by atoms with Crippen LogP contribution in [0.15, 0.2) is 70.6 Å². The molecule has 2 aromatic carbocycles. The number of rotatable bonds is 6. The van der Waals surface area contributed by atoms with Gasteiger partial charge in [-0.3, -0.25) is 0 Å². The van der Waals surface area contributed by atoms with Crippen LogP contribution in [0, 0.1) is 0 Å². The summed E-state index contributed by atoms with van der Waals surface area (Å²) in [5, 5.41) is 22.5. The molecule has 0 spiro atoms. The fourth-order valence-corrected chi connectivity index (χ4v) is 3.79. The molecule has 0 saturated heterocycles. The van der Waals surface area contributed by atoms with Gasteiger partial charge in [0.2, 0.25) is 0 Å². The molecule has 7 heteroatoms. The van der Waals surface area contributed by atoms with E-state index in [9.17, 15) is 5.11 Å². The van der Waals surface area contributed by atoms with Crippen molar-refractivity contribution in [2.45, 2.75) is 23.9 Å². The van der Waals surface area contributed by atoms with Gasteiger partial charge in [0.1, 0.15) is 12.0 Å². The van der Waals surface area contributed by atoms with E-state index in [1.165, 1.54) is 5.56 Å².